The Morgan fingerprint density at radius 1 is 1.35 bits per heavy atom. The molecule has 94 valence electrons. The molecule has 0 aliphatic heterocycles. The van der Waals surface area contributed by atoms with Crippen LogP contribution >= 0.6 is 0 Å². The van der Waals surface area contributed by atoms with Gasteiger partial charge in [0.25, 0.3) is 0 Å². The Hall–Kier alpha value is -1.79. The first-order valence-electron chi connectivity index (χ1n) is 4.94. The summed E-state index contributed by atoms with van der Waals surface area (Å²) in [5.41, 5.74) is 0.651. The number of carboxylic acids is 1. The molecule has 1 rings (SSSR count). The first-order valence-corrected chi connectivity index (χ1v) is 4.94. The molecule has 0 aromatic heterocycles. The van der Waals surface area contributed by atoms with E-state index < -0.39 is 12.2 Å². The lowest BCUT2D eigenvalue weighted by atomic mass is 10.1. The number of nitrogens with one attached hydrogen (secondary N) is 1. The molecule has 1 aromatic rings. The highest BCUT2D eigenvalue weighted by molar-refractivity contribution is 5.71. The van der Waals surface area contributed by atoms with Gasteiger partial charge < -0.3 is 19.7 Å². The molecule has 6 nitrogen and oxygen atoms in total. The minimum Gasteiger partial charge on any atom is -0.496 e. The van der Waals surface area contributed by atoms with E-state index in [1.165, 1.54) is 14.2 Å². The highest BCUT2D eigenvalue weighted by Gasteiger charge is 2.15. The molecule has 0 aliphatic carbocycles. The fourth-order valence-corrected chi connectivity index (χ4v) is 1.39. The largest absolute Gasteiger partial charge is 0.496 e. The van der Waals surface area contributed by atoms with E-state index in [1.807, 2.05) is 0 Å². The summed E-state index contributed by atoms with van der Waals surface area (Å²) in [6, 6.07) is 5.22. The van der Waals surface area contributed by atoms with Gasteiger partial charge in [0, 0.05) is 12.1 Å². The number of aliphatic hydroxyl groups excluding tert-OH is 1. The summed E-state index contributed by atoms with van der Waals surface area (Å²) >= 11 is 0. The van der Waals surface area contributed by atoms with E-state index >= 15 is 0 Å². The third-order valence-electron chi connectivity index (χ3n) is 2.24. The van der Waals surface area contributed by atoms with Crippen molar-refractivity contribution in [3.8, 4) is 11.5 Å². The number of carbonyl (C=O) groups is 1. The van der Waals surface area contributed by atoms with Gasteiger partial charge in [0.1, 0.15) is 11.5 Å². The fourth-order valence-electron chi connectivity index (χ4n) is 1.39. The van der Waals surface area contributed by atoms with Crippen LogP contribution in [0.1, 0.15) is 5.56 Å². The van der Waals surface area contributed by atoms with Crippen LogP contribution in [-0.4, -0.2) is 36.6 Å². The van der Waals surface area contributed by atoms with Gasteiger partial charge in [-0.25, -0.2) is 4.79 Å². The number of methoxy groups -OCH3 is 2. The molecule has 0 heterocycles. The predicted octanol–water partition coefficient (Wildman–Crippen LogP) is 0.196. The smallest absolute Gasteiger partial charge is 0.347 e. The summed E-state index contributed by atoms with van der Waals surface area (Å²) < 4.78 is 10.3. The van der Waals surface area contributed by atoms with Crippen molar-refractivity contribution >= 4 is 5.97 Å². The molecule has 6 heteroatoms. The number of hydrogen-bond acceptors (Lipinski definition) is 5. The Morgan fingerprint density at radius 2 is 1.88 bits per heavy atom. The number of carboxylic acid groups (broad SMARTS) is 1. The van der Waals surface area contributed by atoms with Crippen LogP contribution in [0, 0.1) is 0 Å². The summed E-state index contributed by atoms with van der Waals surface area (Å²) in [6.07, 6.45) is -1.62. The average Bonchev–Trinajstić information content (AvgIpc) is 2.34. The van der Waals surface area contributed by atoms with E-state index in [0.29, 0.717) is 17.1 Å². The van der Waals surface area contributed by atoms with Crippen molar-refractivity contribution in [3.05, 3.63) is 23.8 Å². The summed E-state index contributed by atoms with van der Waals surface area (Å²) in [7, 11) is 3.01. The van der Waals surface area contributed by atoms with Crippen LogP contribution in [0.25, 0.3) is 0 Å². The van der Waals surface area contributed by atoms with E-state index in [4.69, 9.17) is 19.7 Å². The second kappa shape index (κ2) is 6.07. The minimum absolute atomic E-state index is 0.126. The van der Waals surface area contributed by atoms with Crippen LogP contribution in [0.5, 0.6) is 11.5 Å². The molecule has 3 N–H and O–H groups in total. The molecule has 17 heavy (non-hydrogen) atoms. The van der Waals surface area contributed by atoms with Crippen molar-refractivity contribution in [2.24, 2.45) is 0 Å². The maximum absolute atomic E-state index is 10.5. The van der Waals surface area contributed by atoms with Gasteiger partial charge in [0.2, 0.25) is 6.23 Å². The first-order chi connectivity index (χ1) is 8.10. The Bertz CT molecular complexity index is 371. The van der Waals surface area contributed by atoms with Crippen LogP contribution in [0.15, 0.2) is 18.2 Å². The molecule has 0 radical (unpaired) electrons. The quantitative estimate of drug-likeness (QED) is 0.616. The van der Waals surface area contributed by atoms with Crippen LogP contribution in [-0.2, 0) is 11.3 Å². The maximum Gasteiger partial charge on any atom is 0.347 e. The number of aliphatic hydroxyl groups is 1. The number of ether oxygens (including phenoxy) is 2. The summed E-state index contributed by atoms with van der Waals surface area (Å²) in [5.74, 6) is -0.206. The lowest BCUT2D eigenvalue weighted by molar-refractivity contribution is -0.148. The predicted molar refractivity (Wildman–Crippen MR) is 60.0 cm³/mol. The fraction of sp³-hybridized carbons (Fsp3) is 0.364. The lowest BCUT2D eigenvalue weighted by Crippen LogP contribution is -2.35. The topological polar surface area (TPSA) is 88.0 Å². The van der Waals surface area contributed by atoms with Gasteiger partial charge in [-0.05, 0) is 12.1 Å². The van der Waals surface area contributed by atoms with Crippen molar-refractivity contribution in [2.45, 2.75) is 12.8 Å². The Morgan fingerprint density at radius 3 is 2.29 bits per heavy atom. The first kappa shape index (κ1) is 13.3. The molecule has 0 amide bonds. The Balaban J connectivity index is 2.84. The van der Waals surface area contributed by atoms with Crippen molar-refractivity contribution in [3.63, 3.8) is 0 Å². The molecular weight excluding hydrogens is 226 g/mol. The van der Waals surface area contributed by atoms with Gasteiger partial charge >= 0.3 is 5.97 Å². The molecule has 0 spiro atoms. The molecule has 1 unspecified atom stereocenters. The van der Waals surface area contributed by atoms with Gasteiger partial charge in [0.05, 0.1) is 14.2 Å². The molecule has 0 saturated heterocycles. The highest BCUT2D eigenvalue weighted by Crippen LogP contribution is 2.27. The molecule has 0 bridgehead atoms. The van der Waals surface area contributed by atoms with Crippen LogP contribution < -0.4 is 14.8 Å². The number of aliphatic carboxylic acids is 1. The number of rotatable bonds is 6. The molecule has 0 saturated carbocycles. The third-order valence-corrected chi connectivity index (χ3v) is 2.24. The van der Waals surface area contributed by atoms with Gasteiger partial charge in [-0.3, -0.25) is 5.32 Å². The summed E-state index contributed by atoms with van der Waals surface area (Å²) in [5, 5.41) is 20.1. The van der Waals surface area contributed by atoms with Gasteiger partial charge in [0.15, 0.2) is 0 Å². The molecule has 0 aliphatic rings. The van der Waals surface area contributed by atoms with Crippen LogP contribution in [0.4, 0.5) is 0 Å². The average molecular weight is 241 g/mol. The van der Waals surface area contributed by atoms with Gasteiger partial charge in [-0.1, -0.05) is 6.07 Å². The number of benzene rings is 1. The van der Waals surface area contributed by atoms with Crippen LogP contribution in [0.2, 0.25) is 0 Å². The van der Waals surface area contributed by atoms with E-state index in [0.717, 1.165) is 0 Å². The monoisotopic (exact) mass is 241 g/mol. The Labute approximate surface area is 98.8 Å². The second-order valence-electron chi connectivity index (χ2n) is 3.26. The summed E-state index contributed by atoms with van der Waals surface area (Å²) in [4.78, 5) is 10.5. The zero-order valence-corrected chi connectivity index (χ0v) is 9.64. The highest BCUT2D eigenvalue weighted by atomic mass is 16.5. The zero-order valence-electron chi connectivity index (χ0n) is 9.64. The van der Waals surface area contributed by atoms with Crippen molar-refractivity contribution in [2.75, 3.05) is 14.2 Å². The van der Waals surface area contributed by atoms with Gasteiger partial charge in [-0.2, -0.15) is 0 Å². The lowest BCUT2D eigenvalue weighted by Gasteiger charge is -2.14. The second-order valence-corrected chi connectivity index (χ2v) is 3.26. The Kier molecular flexibility index (Phi) is 4.74. The summed E-state index contributed by atoms with van der Waals surface area (Å²) in [6.45, 7) is 0.126. The molecule has 1 atom stereocenters. The molecule has 1 aromatic carbocycles. The maximum atomic E-state index is 10.5. The van der Waals surface area contributed by atoms with E-state index in [2.05, 4.69) is 5.32 Å². The normalized spacial score (nSPS) is 11.9. The standard InChI is InChI=1S/C11H15NO5/c1-16-8-4-3-5-9(17-2)7(8)6-12-10(13)11(14)15/h3-5,10,12-13H,6H2,1-2H3,(H,14,15). The van der Waals surface area contributed by atoms with Crippen molar-refractivity contribution in [1.29, 1.82) is 0 Å². The molecular formula is C11H15NO5. The zero-order chi connectivity index (χ0) is 12.8. The molecule has 0 fully saturated rings. The van der Waals surface area contributed by atoms with E-state index in [9.17, 15) is 4.79 Å². The van der Waals surface area contributed by atoms with Gasteiger partial charge in [-0.15, -0.1) is 0 Å². The van der Waals surface area contributed by atoms with Crippen molar-refractivity contribution < 1.29 is 24.5 Å². The van der Waals surface area contributed by atoms with E-state index in [-0.39, 0.29) is 6.54 Å². The minimum atomic E-state index is -1.62. The SMILES string of the molecule is COc1cccc(OC)c1CNC(O)C(=O)O. The van der Waals surface area contributed by atoms with E-state index in [1.54, 1.807) is 18.2 Å². The third kappa shape index (κ3) is 3.33. The van der Waals surface area contributed by atoms with Crippen molar-refractivity contribution in [1.82, 2.24) is 5.32 Å². The number of hydrogen-bond donors (Lipinski definition) is 3. The van der Waals surface area contributed by atoms with Crippen LogP contribution in [0.3, 0.4) is 0 Å².